The summed E-state index contributed by atoms with van der Waals surface area (Å²) < 4.78 is 15.6. The Labute approximate surface area is 162 Å². The molecule has 1 aliphatic rings. The van der Waals surface area contributed by atoms with Crippen LogP contribution < -0.4 is 0 Å². The number of rotatable bonds is 7. The lowest BCUT2D eigenvalue weighted by Gasteiger charge is -2.31. The molecule has 27 heavy (non-hydrogen) atoms. The summed E-state index contributed by atoms with van der Waals surface area (Å²) in [6.45, 7) is 6.34. The van der Waals surface area contributed by atoms with Gasteiger partial charge in [-0.3, -0.25) is 4.79 Å². The average Bonchev–Trinajstić information content (AvgIpc) is 3.07. The molecule has 2 aromatic rings. The van der Waals surface area contributed by atoms with Crippen LogP contribution in [0.4, 0.5) is 4.39 Å². The Kier molecular flexibility index (Phi) is 6.70. The first-order chi connectivity index (χ1) is 13.0. The molecule has 3 rings (SSSR count). The van der Waals surface area contributed by atoms with E-state index in [0.29, 0.717) is 24.9 Å². The minimum Gasteiger partial charge on any atom is -0.345 e. The first-order valence-corrected chi connectivity index (χ1v) is 10.2. The molecule has 1 heterocycles. The van der Waals surface area contributed by atoms with Crippen molar-refractivity contribution >= 4 is 5.91 Å². The maximum atomic E-state index is 13.5. The minimum absolute atomic E-state index is 0.184. The van der Waals surface area contributed by atoms with Crippen molar-refractivity contribution in [1.82, 2.24) is 9.47 Å². The third kappa shape index (κ3) is 5.44. The summed E-state index contributed by atoms with van der Waals surface area (Å²) in [5.74, 6) is 0.713. The van der Waals surface area contributed by atoms with E-state index in [4.69, 9.17) is 0 Å². The molecular formula is C23H31FN2O. The maximum absolute atomic E-state index is 13.5. The fourth-order valence-electron chi connectivity index (χ4n) is 4.06. The smallest absolute Gasteiger partial charge is 0.226 e. The number of carbonyl (C=O) groups is 1. The van der Waals surface area contributed by atoms with Crippen LogP contribution in [-0.2, 0) is 17.9 Å². The van der Waals surface area contributed by atoms with Gasteiger partial charge in [-0.05, 0) is 48.6 Å². The van der Waals surface area contributed by atoms with Gasteiger partial charge in [0.15, 0.2) is 0 Å². The highest BCUT2D eigenvalue weighted by Crippen LogP contribution is 2.26. The Balaban J connectivity index is 1.74. The summed E-state index contributed by atoms with van der Waals surface area (Å²) in [7, 11) is 0. The van der Waals surface area contributed by atoms with Crippen molar-refractivity contribution in [3.8, 4) is 0 Å². The van der Waals surface area contributed by atoms with Crippen molar-refractivity contribution in [2.24, 2.45) is 11.8 Å². The maximum Gasteiger partial charge on any atom is 0.226 e. The van der Waals surface area contributed by atoms with E-state index in [-0.39, 0.29) is 11.7 Å². The number of aromatic nitrogens is 1. The van der Waals surface area contributed by atoms with E-state index < -0.39 is 0 Å². The van der Waals surface area contributed by atoms with Gasteiger partial charge in [0.05, 0.1) is 6.54 Å². The SMILES string of the molecule is CC(C)CN(Cc1cccn1Cc1cccc(F)c1)C(=O)C1CCCCC1. The molecule has 1 aromatic heterocycles. The van der Waals surface area contributed by atoms with E-state index >= 15 is 0 Å². The van der Waals surface area contributed by atoms with Gasteiger partial charge in [0.1, 0.15) is 5.82 Å². The Hall–Kier alpha value is -2.10. The van der Waals surface area contributed by atoms with Gasteiger partial charge in [-0.25, -0.2) is 4.39 Å². The Morgan fingerprint density at radius 3 is 2.67 bits per heavy atom. The molecular weight excluding hydrogens is 339 g/mol. The van der Waals surface area contributed by atoms with E-state index in [1.807, 2.05) is 23.2 Å². The molecule has 1 amide bonds. The van der Waals surface area contributed by atoms with Crippen molar-refractivity contribution in [1.29, 1.82) is 0 Å². The molecule has 0 spiro atoms. The lowest BCUT2D eigenvalue weighted by molar-refractivity contribution is -0.137. The summed E-state index contributed by atoms with van der Waals surface area (Å²) in [4.78, 5) is 15.2. The van der Waals surface area contributed by atoms with Gasteiger partial charge in [-0.1, -0.05) is 45.2 Å². The number of amides is 1. The number of hydrogen-bond donors (Lipinski definition) is 0. The highest BCUT2D eigenvalue weighted by atomic mass is 19.1. The largest absolute Gasteiger partial charge is 0.345 e. The van der Waals surface area contributed by atoms with Gasteiger partial charge in [-0.15, -0.1) is 0 Å². The highest BCUT2D eigenvalue weighted by Gasteiger charge is 2.27. The predicted octanol–water partition coefficient (Wildman–Crippen LogP) is 5.24. The third-order valence-corrected chi connectivity index (χ3v) is 5.37. The summed E-state index contributed by atoms with van der Waals surface area (Å²) in [6.07, 6.45) is 7.66. The van der Waals surface area contributed by atoms with Crippen molar-refractivity contribution in [2.45, 2.75) is 59.0 Å². The molecule has 0 N–H and O–H groups in total. The van der Waals surface area contributed by atoms with Crippen molar-refractivity contribution in [2.75, 3.05) is 6.54 Å². The van der Waals surface area contributed by atoms with Crippen molar-refractivity contribution in [3.63, 3.8) is 0 Å². The molecule has 1 aromatic carbocycles. The van der Waals surface area contributed by atoms with Crippen LogP contribution in [0.5, 0.6) is 0 Å². The van der Waals surface area contributed by atoms with Crippen LogP contribution in [0, 0.1) is 17.7 Å². The van der Waals surface area contributed by atoms with Gasteiger partial charge in [0, 0.05) is 30.9 Å². The molecule has 1 fully saturated rings. The number of hydrogen-bond acceptors (Lipinski definition) is 1. The first-order valence-electron chi connectivity index (χ1n) is 10.2. The molecule has 146 valence electrons. The minimum atomic E-state index is -0.213. The van der Waals surface area contributed by atoms with E-state index in [2.05, 4.69) is 24.5 Å². The zero-order valence-electron chi connectivity index (χ0n) is 16.5. The van der Waals surface area contributed by atoms with Crippen LogP contribution >= 0.6 is 0 Å². The standard InChI is InChI=1S/C23H31FN2O/c1-18(2)15-26(23(27)20-9-4-3-5-10-20)17-22-12-7-13-25(22)16-19-8-6-11-21(24)14-19/h6-8,11-14,18,20H,3-5,9-10,15-17H2,1-2H3. The summed E-state index contributed by atoms with van der Waals surface area (Å²) in [5.41, 5.74) is 2.03. The van der Waals surface area contributed by atoms with Crippen molar-refractivity contribution < 1.29 is 9.18 Å². The number of benzene rings is 1. The van der Waals surface area contributed by atoms with Crippen LogP contribution in [-0.4, -0.2) is 21.9 Å². The van der Waals surface area contributed by atoms with Gasteiger partial charge in [0.2, 0.25) is 5.91 Å². The van der Waals surface area contributed by atoms with Crippen LogP contribution in [0.15, 0.2) is 42.6 Å². The molecule has 0 atom stereocenters. The molecule has 4 heteroatoms. The molecule has 0 saturated heterocycles. The monoisotopic (exact) mass is 370 g/mol. The normalized spacial score (nSPS) is 15.3. The molecule has 0 radical (unpaired) electrons. The molecule has 0 aliphatic heterocycles. The molecule has 1 aliphatic carbocycles. The predicted molar refractivity (Wildman–Crippen MR) is 107 cm³/mol. The average molecular weight is 371 g/mol. The lowest BCUT2D eigenvalue weighted by Crippen LogP contribution is -2.39. The van der Waals surface area contributed by atoms with Crippen LogP contribution in [0.1, 0.15) is 57.2 Å². The fourth-order valence-corrected chi connectivity index (χ4v) is 4.06. The number of carbonyl (C=O) groups excluding carboxylic acids is 1. The Morgan fingerprint density at radius 2 is 1.96 bits per heavy atom. The van der Waals surface area contributed by atoms with Gasteiger partial charge >= 0.3 is 0 Å². The summed E-state index contributed by atoms with van der Waals surface area (Å²) in [6, 6.07) is 10.8. The zero-order valence-corrected chi connectivity index (χ0v) is 16.5. The molecule has 3 nitrogen and oxygen atoms in total. The molecule has 0 unspecified atom stereocenters. The number of nitrogens with zero attached hydrogens (tertiary/aromatic N) is 2. The van der Waals surface area contributed by atoms with E-state index in [9.17, 15) is 9.18 Å². The van der Waals surface area contributed by atoms with Crippen LogP contribution in [0.3, 0.4) is 0 Å². The second-order valence-corrected chi connectivity index (χ2v) is 8.20. The van der Waals surface area contributed by atoms with Gasteiger partial charge < -0.3 is 9.47 Å². The van der Waals surface area contributed by atoms with Crippen LogP contribution in [0.25, 0.3) is 0 Å². The second-order valence-electron chi connectivity index (χ2n) is 8.20. The quantitative estimate of drug-likeness (QED) is 0.654. The zero-order chi connectivity index (χ0) is 19.2. The Morgan fingerprint density at radius 1 is 1.19 bits per heavy atom. The fraction of sp³-hybridized carbons (Fsp3) is 0.522. The molecule has 0 bridgehead atoms. The number of halogens is 1. The first kappa shape index (κ1) is 19.7. The highest BCUT2D eigenvalue weighted by molar-refractivity contribution is 5.78. The lowest BCUT2D eigenvalue weighted by atomic mass is 9.88. The van der Waals surface area contributed by atoms with E-state index in [0.717, 1.165) is 30.6 Å². The van der Waals surface area contributed by atoms with E-state index in [1.165, 1.54) is 25.3 Å². The molecule has 1 saturated carbocycles. The Bertz CT molecular complexity index is 746. The van der Waals surface area contributed by atoms with Gasteiger partial charge in [-0.2, -0.15) is 0 Å². The summed E-state index contributed by atoms with van der Waals surface area (Å²) in [5, 5.41) is 0. The van der Waals surface area contributed by atoms with Gasteiger partial charge in [0.25, 0.3) is 0 Å². The second kappa shape index (κ2) is 9.20. The topological polar surface area (TPSA) is 25.2 Å². The van der Waals surface area contributed by atoms with E-state index in [1.54, 1.807) is 12.1 Å². The van der Waals surface area contributed by atoms with Crippen LogP contribution in [0.2, 0.25) is 0 Å². The third-order valence-electron chi connectivity index (χ3n) is 5.37. The van der Waals surface area contributed by atoms with Crippen molar-refractivity contribution in [3.05, 3.63) is 59.7 Å². The summed E-state index contributed by atoms with van der Waals surface area (Å²) >= 11 is 0.